The van der Waals surface area contributed by atoms with Crippen molar-refractivity contribution in [3.63, 3.8) is 0 Å². The minimum Gasteiger partial charge on any atom is -0.383 e. The minimum atomic E-state index is 0.557. The number of nitrogens with zero attached hydrogens (tertiary/aromatic N) is 2. The summed E-state index contributed by atoms with van der Waals surface area (Å²) < 4.78 is 0. The van der Waals surface area contributed by atoms with Gasteiger partial charge in [0.2, 0.25) is 0 Å². The topological polar surface area (TPSA) is 51.8 Å². The van der Waals surface area contributed by atoms with Crippen molar-refractivity contribution in [3.8, 4) is 11.1 Å². The Morgan fingerprint density at radius 2 is 1.94 bits per heavy atom. The zero-order chi connectivity index (χ0) is 11.5. The Balaban J connectivity index is 2.53. The summed E-state index contributed by atoms with van der Waals surface area (Å²) in [6.07, 6.45) is 2.61. The number of aryl methyl sites for hydroxylation is 2. The monoisotopic (exact) mass is 213 g/mol. The van der Waals surface area contributed by atoms with Crippen molar-refractivity contribution in [1.82, 2.24) is 9.97 Å². The third-order valence-electron chi connectivity index (χ3n) is 2.62. The van der Waals surface area contributed by atoms with Crippen LogP contribution in [0.4, 0.5) is 5.82 Å². The van der Waals surface area contributed by atoms with Gasteiger partial charge in [-0.15, -0.1) is 0 Å². The lowest BCUT2D eigenvalue weighted by Gasteiger charge is -2.08. The second-order valence-electron chi connectivity index (χ2n) is 3.75. The fourth-order valence-corrected chi connectivity index (χ4v) is 1.69. The first kappa shape index (κ1) is 10.6. The normalized spacial score (nSPS) is 10.4. The van der Waals surface area contributed by atoms with Gasteiger partial charge in [0.05, 0.1) is 0 Å². The van der Waals surface area contributed by atoms with Crippen LogP contribution in [0.5, 0.6) is 0 Å². The molecule has 16 heavy (non-hydrogen) atoms. The SMILES string of the molecule is CCc1ncc(-c2ccccc2C)c(N)n1. The zero-order valence-corrected chi connectivity index (χ0v) is 9.57. The highest BCUT2D eigenvalue weighted by Gasteiger charge is 2.07. The molecule has 0 fully saturated rings. The highest BCUT2D eigenvalue weighted by Crippen LogP contribution is 2.26. The Morgan fingerprint density at radius 1 is 1.19 bits per heavy atom. The predicted molar refractivity (Wildman–Crippen MR) is 66.0 cm³/mol. The fourth-order valence-electron chi connectivity index (χ4n) is 1.69. The minimum absolute atomic E-state index is 0.557. The van der Waals surface area contributed by atoms with Crippen LogP contribution < -0.4 is 5.73 Å². The molecule has 0 aliphatic heterocycles. The van der Waals surface area contributed by atoms with E-state index in [0.29, 0.717) is 5.82 Å². The first-order chi connectivity index (χ1) is 7.72. The Morgan fingerprint density at radius 3 is 2.56 bits per heavy atom. The maximum atomic E-state index is 5.95. The number of nitrogen functional groups attached to an aromatic ring is 1. The molecular weight excluding hydrogens is 198 g/mol. The second-order valence-corrected chi connectivity index (χ2v) is 3.75. The number of benzene rings is 1. The van der Waals surface area contributed by atoms with Gasteiger partial charge >= 0.3 is 0 Å². The molecule has 1 aromatic heterocycles. The molecule has 0 amide bonds. The van der Waals surface area contributed by atoms with Crippen LogP contribution in [0.15, 0.2) is 30.5 Å². The van der Waals surface area contributed by atoms with Gasteiger partial charge in [-0.2, -0.15) is 0 Å². The average molecular weight is 213 g/mol. The van der Waals surface area contributed by atoms with E-state index in [4.69, 9.17) is 5.73 Å². The molecule has 0 atom stereocenters. The van der Waals surface area contributed by atoms with Crippen LogP contribution in [0.25, 0.3) is 11.1 Å². The Bertz CT molecular complexity index is 506. The molecule has 0 aliphatic rings. The number of hydrogen-bond donors (Lipinski definition) is 1. The van der Waals surface area contributed by atoms with Crippen molar-refractivity contribution in [2.24, 2.45) is 0 Å². The van der Waals surface area contributed by atoms with E-state index in [-0.39, 0.29) is 0 Å². The van der Waals surface area contributed by atoms with Gasteiger partial charge in [0.15, 0.2) is 0 Å². The van der Waals surface area contributed by atoms with E-state index in [0.717, 1.165) is 23.4 Å². The van der Waals surface area contributed by atoms with Gasteiger partial charge in [-0.05, 0) is 18.1 Å². The van der Waals surface area contributed by atoms with Crippen LogP contribution in [0, 0.1) is 6.92 Å². The molecule has 1 aromatic carbocycles. The highest BCUT2D eigenvalue weighted by molar-refractivity contribution is 5.75. The molecule has 3 heteroatoms. The standard InChI is InChI=1S/C13H15N3/c1-3-12-15-8-11(13(14)16-12)10-7-5-4-6-9(10)2/h4-8H,3H2,1-2H3,(H2,14,15,16). The van der Waals surface area contributed by atoms with E-state index in [1.807, 2.05) is 31.3 Å². The van der Waals surface area contributed by atoms with E-state index in [1.165, 1.54) is 5.56 Å². The third-order valence-corrected chi connectivity index (χ3v) is 2.62. The van der Waals surface area contributed by atoms with Crippen molar-refractivity contribution in [3.05, 3.63) is 41.9 Å². The molecule has 0 saturated heterocycles. The van der Waals surface area contributed by atoms with Crippen LogP contribution in [-0.2, 0) is 6.42 Å². The van der Waals surface area contributed by atoms with Crippen LogP contribution >= 0.6 is 0 Å². The molecule has 0 aliphatic carbocycles. The molecule has 82 valence electrons. The van der Waals surface area contributed by atoms with E-state index < -0.39 is 0 Å². The average Bonchev–Trinajstić information content (AvgIpc) is 2.30. The highest BCUT2D eigenvalue weighted by atomic mass is 14.9. The smallest absolute Gasteiger partial charge is 0.135 e. The largest absolute Gasteiger partial charge is 0.383 e. The molecule has 3 nitrogen and oxygen atoms in total. The molecule has 0 unspecified atom stereocenters. The van der Waals surface area contributed by atoms with Crippen molar-refractivity contribution in [2.45, 2.75) is 20.3 Å². The number of rotatable bonds is 2. The van der Waals surface area contributed by atoms with Crippen LogP contribution in [0.2, 0.25) is 0 Å². The molecule has 0 saturated carbocycles. The van der Waals surface area contributed by atoms with Crippen molar-refractivity contribution in [1.29, 1.82) is 0 Å². The lowest BCUT2D eigenvalue weighted by atomic mass is 10.0. The van der Waals surface area contributed by atoms with E-state index >= 15 is 0 Å². The second kappa shape index (κ2) is 4.31. The molecule has 0 bridgehead atoms. The summed E-state index contributed by atoms with van der Waals surface area (Å²) in [5.41, 5.74) is 9.14. The van der Waals surface area contributed by atoms with Crippen LogP contribution in [-0.4, -0.2) is 9.97 Å². The number of nitrogens with two attached hydrogens (primary N) is 1. The quantitative estimate of drug-likeness (QED) is 0.834. The van der Waals surface area contributed by atoms with Gasteiger partial charge in [0, 0.05) is 18.2 Å². The summed E-state index contributed by atoms with van der Waals surface area (Å²) in [5, 5.41) is 0. The maximum absolute atomic E-state index is 5.95. The first-order valence-electron chi connectivity index (χ1n) is 5.39. The Kier molecular flexibility index (Phi) is 2.86. The van der Waals surface area contributed by atoms with Crippen molar-refractivity contribution in [2.75, 3.05) is 5.73 Å². The van der Waals surface area contributed by atoms with Gasteiger partial charge in [-0.1, -0.05) is 31.2 Å². The molecule has 2 N–H and O–H groups in total. The van der Waals surface area contributed by atoms with Crippen LogP contribution in [0.1, 0.15) is 18.3 Å². The van der Waals surface area contributed by atoms with Gasteiger partial charge in [-0.3, -0.25) is 0 Å². The summed E-state index contributed by atoms with van der Waals surface area (Å²) in [5.74, 6) is 1.34. The van der Waals surface area contributed by atoms with Gasteiger partial charge in [0.25, 0.3) is 0 Å². The summed E-state index contributed by atoms with van der Waals surface area (Å²) in [6, 6.07) is 8.10. The van der Waals surface area contributed by atoms with Crippen LogP contribution in [0.3, 0.4) is 0 Å². The van der Waals surface area contributed by atoms with E-state index in [2.05, 4.69) is 23.0 Å². The van der Waals surface area contributed by atoms with Gasteiger partial charge in [0.1, 0.15) is 11.6 Å². The van der Waals surface area contributed by atoms with E-state index in [1.54, 1.807) is 0 Å². The Labute approximate surface area is 95.4 Å². The third kappa shape index (κ3) is 1.89. The predicted octanol–water partition coefficient (Wildman–Crippen LogP) is 2.60. The van der Waals surface area contributed by atoms with Crippen molar-refractivity contribution < 1.29 is 0 Å². The summed E-state index contributed by atoms with van der Waals surface area (Å²) in [4.78, 5) is 8.56. The molecule has 2 aromatic rings. The molecule has 0 radical (unpaired) electrons. The van der Waals surface area contributed by atoms with Gasteiger partial charge < -0.3 is 5.73 Å². The number of anilines is 1. The van der Waals surface area contributed by atoms with E-state index in [9.17, 15) is 0 Å². The molecule has 1 heterocycles. The molecule has 2 rings (SSSR count). The maximum Gasteiger partial charge on any atom is 0.135 e. The number of hydrogen-bond acceptors (Lipinski definition) is 3. The Hall–Kier alpha value is -1.90. The fraction of sp³-hybridized carbons (Fsp3) is 0.231. The summed E-state index contributed by atoms with van der Waals surface area (Å²) in [6.45, 7) is 4.07. The van der Waals surface area contributed by atoms with Gasteiger partial charge in [-0.25, -0.2) is 9.97 Å². The first-order valence-corrected chi connectivity index (χ1v) is 5.39. The molecule has 0 spiro atoms. The number of aromatic nitrogens is 2. The van der Waals surface area contributed by atoms with Crippen molar-refractivity contribution >= 4 is 5.82 Å². The lowest BCUT2D eigenvalue weighted by Crippen LogP contribution is -2.01. The zero-order valence-electron chi connectivity index (χ0n) is 9.57. The summed E-state index contributed by atoms with van der Waals surface area (Å²) in [7, 11) is 0. The lowest BCUT2D eigenvalue weighted by molar-refractivity contribution is 0.946. The molecular formula is C13H15N3. The summed E-state index contributed by atoms with van der Waals surface area (Å²) >= 11 is 0.